The average Bonchev–Trinajstić information content (AvgIpc) is 3.84. The Morgan fingerprint density at radius 2 is 1.71 bits per heavy atom. The molecule has 0 spiro atoms. The molecule has 1 aliphatic carbocycles. The second-order valence-electron chi connectivity index (χ2n) is 10.8. The van der Waals surface area contributed by atoms with Crippen LogP contribution in [-0.2, 0) is 29.0 Å². The van der Waals surface area contributed by atoms with Gasteiger partial charge in [-0.05, 0) is 76.4 Å². The minimum absolute atomic E-state index is 0.0163. The van der Waals surface area contributed by atoms with E-state index < -0.39 is 11.8 Å². The SMILES string of the molecule is COC(=O)c1cccc(-c2ccc(CNC(=O)[C@H]3C[C@@H]3c3ccccc3)c3c2CCN(C(=O)c2ccccc2F)C3)c1. The lowest BCUT2D eigenvalue weighted by Crippen LogP contribution is -2.37. The van der Waals surface area contributed by atoms with Crippen LogP contribution >= 0.6 is 0 Å². The van der Waals surface area contributed by atoms with E-state index in [4.69, 9.17) is 4.74 Å². The van der Waals surface area contributed by atoms with Crippen molar-refractivity contribution in [1.29, 1.82) is 0 Å². The predicted octanol–water partition coefficient (Wildman–Crippen LogP) is 5.90. The standard InChI is InChI=1S/C35H31FN2O4/c1-42-35(41)24-11-7-10-23(18-24)26-15-14-25(20-37-33(39)30-19-29(30)22-8-3-2-4-9-22)31-21-38(17-16-27(26)31)34(40)28-12-5-6-13-32(28)36/h2-15,18,29-30H,16-17,19-21H2,1H3,(H,37,39)/t29-,30+/m1/s1. The number of methoxy groups -OCH3 is 1. The molecular weight excluding hydrogens is 531 g/mol. The monoisotopic (exact) mass is 562 g/mol. The molecule has 0 radical (unpaired) electrons. The van der Waals surface area contributed by atoms with Crippen molar-refractivity contribution >= 4 is 17.8 Å². The lowest BCUT2D eigenvalue weighted by Gasteiger charge is -2.32. The Morgan fingerprint density at radius 3 is 2.50 bits per heavy atom. The number of nitrogens with one attached hydrogen (secondary N) is 1. The predicted molar refractivity (Wildman–Crippen MR) is 157 cm³/mol. The van der Waals surface area contributed by atoms with E-state index in [9.17, 15) is 18.8 Å². The quantitative estimate of drug-likeness (QED) is 0.285. The first-order valence-corrected chi connectivity index (χ1v) is 14.1. The summed E-state index contributed by atoms with van der Waals surface area (Å²) in [4.78, 5) is 40.3. The first-order valence-electron chi connectivity index (χ1n) is 14.1. The molecule has 4 aromatic carbocycles. The molecule has 0 aromatic heterocycles. The fraction of sp³-hybridized carbons (Fsp3) is 0.229. The van der Waals surface area contributed by atoms with Crippen molar-refractivity contribution in [2.45, 2.75) is 31.8 Å². The van der Waals surface area contributed by atoms with Crippen molar-refractivity contribution in [2.24, 2.45) is 5.92 Å². The maximum absolute atomic E-state index is 14.5. The van der Waals surface area contributed by atoms with Crippen molar-refractivity contribution < 1.29 is 23.5 Å². The highest BCUT2D eigenvalue weighted by Crippen LogP contribution is 2.47. The number of hydrogen-bond donors (Lipinski definition) is 1. The van der Waals surface area contributed by atoms with Crippen LogP contribution in [0.3, 0.4) is 0 Å². The third kappa shape index (κ3) is 5.42. The summed E-state index contributed by atoms with van der Waals surface area (Å²) in [5.74, 6) is -1.13. The highest BCUT2D eigenvalue weighted by atomic mass is 19.1. The van der Waals surface area contributed by atoms with Crippen LogP contribution in [0.5, 0.6) is 0 Å². The zero-order chi connectivity index (χ0) is 29.2. The summed E-state index contributed by atoms with van der Waals surface area (Å²) >= 11 is 0. The van der Waals surface area contributed by atoms with Gasteiger partial charge in [0.2, 0.25) is 5.91 Å². The number of carbonyl (C=O) groups is 3. The Balaban J connectivity index is 1.29. The van der Waals surface area contributed by atoms with E-state index in [1.807, 2.05) is 42.5 Å². The van der Waals surface area contributed by atoms with Crippen LogP contribution in [0.2, 0.25) is 0 Å². The number of hydrogen-bond acceptors (Lipinski definition) is 4. The van der Waals surface area contributed by atoms with Crippen LogP contribution in [0.15, 0.2) is 91.0 Å². The molecule has 1 aliphatic heterocycles. The lowest BCUT2D eigenvalue weighted by molar-refractivity contribution is -0.122. The fourth-order valence-electron chi connectivity index (χ4n) is 5.95. The van der Waals surface area contributed by atoms with Crippen LogP contribution in [0.4, 0.5) is 4.39 Å². The van der Waals surface area contributed by atoms with E-state index in [1.165, 1.54) is 24.8 Å². The van der Waals surface area contributed by atoms with Crippen LogP contribution < -0.4 is 5.32 Å². The van der Waals surface area contributed by atoms with Crippen molar-refractivity contribution in [3.05, 3.63) is 130 Å². The maximum Gasteiger partial charge on any atom is 0.337 e. The molecule has 1 N–H and O–H groups in total. The van der Waals surface area contributed by atoms with Crippen molar-refractivity contribution in [2.75, 3.05) is 13.7 Å². The van der Waals surface area contributed by atoms with Gasteiger partial charge in [0.1, 0.15) is 5.82 Å². The largest absolute Gasteiger partial charge is 0.465 e. The average molecular weight is 563 g/mol. The van der Waals surface area contributed by atoms with Gasteiger partial charge in [-0.25, -0.2) is 9.18 Å². The van der Waals surface area contributed by atoms with E-state index in [0.29, 0.717) is 25.1 Å². The summed E-state index contributed by atoms with van der Waals surface area (Å²) in [6, 6.07) is 27.3. The molecule has 4 aromatic rings. The highest BCUT2D eigenvalue weighted by molar-refractivity contribution is 5.95. The number of carbonyl (C=O) groups excluding carboxylic acids is 3. The Kier molecular flexibility index (Phi) is 7.57. The molecule has 1 saturated carbocycles. The molecule has 6 nitrogen and oxygen atoms in total. The third-order valence-corrected chi connectivity index (χ3v) is 8.30. The number of nitrogens with zero attached hydrogens (tertiary/aromatic N) is 1. The molecule has 212 valence electrons. The van der Waals surface area contributed by atoms with Gasteiger partial charge in [-0.15, -0.1) is 0 Å². The number of ether oxygens (including phenoxy) is 1. The van der Waals surface area contributed by atoms with Gasteiger partial charge in [-0.1, -0.05) is 66.7 Å². The van der Waals surface area contributed by atoms with Gasteiger partial charge in [0.25, 0.3) is 5.91 Å². The molecule has 1 heterocycles. The lowest BCUT2D eigenvalue weighted by atomic mass is 9.87. The second-order valence-corrected chi connectivity index (χ2v) is 10.8. The first kappa shape index (κ1) is 27.4. The number of esters is 1. The van der Waals surface area contributed by atoms with E-state index in [-0.39, 0.29) is 35.8 Å². The summed E-state index contributed by atoms with van der Waals surface area (Å²) in [6.07, 6.45) is 1.38. The molecule has 0 unspecified atom stereocenters. The maximum atomic E-state index is 14.5. The van der Waals surface area contributed by atoms with E-state index in [0.717, 1.165) is 34.2 Å². The Hall–Kier alpha value is -4.78. The number of fused-ring (bicyclic) bond motifs is 1. The number of amides is 2. The summed E-state index contributed by atoms with van der Waals surface area (Å²) in [6.45, 7) is 1.03. The first-order chi connectivity index (χ1) is 20.4. The summed E-state index contributed by atoms with van der Waals surface area (Å²) < 4.78 is 19.4. The molecule has 6 rings (SSSR count). The van der Waals surface area contributed by atoms with Gasteiger partial charge in [-0.2, -0.15) is 0 Å². The van der Waals surface area contributed by atoms with E-state index >= 15 is 0 Å². The topological polar surface area (TPSA) is 75.7 Å². The Bertz CT molecular complexity index is 1670. The van der Waals surface area contributed by atoms with Gasteiger partial charge in [0.15, 0.2) is 0 Å². The number of rotatable bonds is 7. The summed E-state index contributed by atoms with van der Waals surface area (Å²) in [5.41, 5.74) is 6.38. The third-order valence-electron chi connectivity index (χ3n) is 8.30. The summed E-state index contributed by atoms with van der Waals surface area (Å²) in [7, 11) is 1.35. The minimum atomic E-state index is -0.549. The zero-order valence-corrected chi connectivity index (χ0v) is 23.3. The second kappa shape index (κ2) is 11.6. The van der Waals surface area contributed by atoms with Gasteiger partial charge < -0.3 is 15.0 Å². The van der Waals surface area contributed by atoms with Crippen molar-refractivity contribution in [1.82, 2.24) is 10.2 Å². The van der Waals surface area contributed by atoms with Crippen LogP contribution in [0.25, 0.3) is 11.1 Å². The molecule has 2 atom stereocenters. The van der Waals surface area contributed by atoms with Crippen LogP contribution in [-0.4, -0.2) is 36.3 Å². The highest BCUT2D eigenvalue weighted by Gasteiger charge is 2.43. The molecule has 0 bridgehead atoms. The minimum Gasteiger partial charge on any atom is -0.465 e. The van der Waals surface area contributed by atoms with E-state index in [1.54, 1.807) is 29.2 Å². The van der Waals surface area contributed by atoms with Crippen molar-refractivity contribution in [3.8, 4) is 11.1 Å². The normalized spacial score (nSPS) is 17.2. The Labute approximate surface area is 244 Å². The summed E-state index contributed by atoms with van der Waals surface area (Å²) in [5, 5.41) is 3.12. The smallest absolute Gasteiger partial charge is 0.337 e. The van der Waals surface area contributed by atoms with Gasteiger partial charge in [0, 0.05) is 25.6 Å². The van der Waals surface area contributed by atoms with Crippen LogP contribution in [0, 0.1) is 11.7 Å². The fourth-order valence-corrected chi connectivity index (χ4v) is 5.95. The Morgan fingerprint density at radius 1 is 0.929 bits per heavy atom. The molecule has 7 heteroatoms. The van der Waals surface area contributed by atoms with Crippen LogP contribution in [0.1, 0.15) is 55.3 Å². The van der Waals surface area contributed by atoms with Gasteiger partial charge >= 0.3 is 5.97 Å². The molecule has 0 saturated heterocycles. The van der Waals surface area contributed by atoms with Crippen molar-refractivity contribution in [3.63, 3.8) is 0 Å². The molecule has 2 aliphatic rings. The molecule has 42 heavy (non-hydrogen) atoms. The van der Waals surface area contributed by atoms with Gasteiger partial charge in [0.05, 0.1) is 18.2 Å². The van der Waals surface area contributed by atoms with Gasteiger partial charge in [-0.3, -0.25) is 9.59 Å². The van der Waals surface area contributed by atoms with E-state index in [2.05, 4.69) is 17.4 Å². The number of halogens is 1. The molecular formula is C35H31FN2O4. The molecule has 2 amide bonds. The molecule has 1 fully saturated rings. The number of benzene rings is 4. The zero-order valence-electron chi connectivity index (χ0n) is 23.3.